The standard InChI is InChI=1S/C12H14O2/c1-4-13-10(3)11-7-6-8-12(9-11)14-5-2/h4-10H,1-2H2,3H3. The van der Waals surface area contributed by atoms with Crippen LogP contribution in [0.5, 0.6) is 5.75 Å². The Balaban J connectivity index is 2.81. The summed E-state index contributed by atoms with van der Waals surface area (Å²) in [6.07, 6.45) is 2.82. The molecular formula is C12H14O2. The first-order valence-corrected chi connectivity index (χ1v) is 4.42. The Morgan fingerprint density at radius 3 is 2.71 bits per heavy atom. The number of hydrogen-bond acceptors (Lipinski definition) is 2. The molecule has 1 aromatic rings. The molecule has 1 rings (SSSR count). The van der Waals surface area contributed by atoms with E-state index >= 15 is 0 Å². The SMILES string of the molecule is C=COc1cccc(C(C)OC=C)c1. The second kappa shape index (κ2) is 5.12. The second-order valence-corrected chi connectivity index (χ2v) is 2.80. The van der Waals surface area contributed by atoms with E-state index in [1.165, 1.54) is 12.5 Å². The maximum absolute atomic E-state index is 5.24. The lowest BCUT2D eigenvalue weighted by atomic mass is 10.1. The van der Waals surface area contributed by atoms with Crippen molar-refractivity contribution >= 4 is 0 Å². The number of hydrogen-bond donors (Lipinski definition) is 0. The fourth-order valence-corrected chi connectivity index (χ4v) is 1.16. The summed E-state index contributed by atoms with van der Waals surface area (Å²) in [7, 11) is 0. The third-order valence-corrected chi connectivity index (χ3v) is 1.85. The van der Waals surface area contributed by atoms with Gasteiger partial charge in [-0.05, 0) is 24.6 Å². The molecule has 0 aliphatic heterocycles. The lowest BCUT2D eigenvalue weighted by molar-refractivity contribution is 0.165. The van der Waals surface area contributed by atoms with Crippen molar-refractivity contribution in [2.24, 2.45) is 0 Å². The van der Waals surface area contributed by atoms with Crippen molar-refractivity contribution in [2.45, 2.75) is 13.0 Å². The topological polar surface area (TPSA) is 18.5 Å². The highest BCUT2D eigenvalue weighted by molar-refractivity contribution is 5.30. The molecule has 0 N–H and O–H groups in total. The molecule has 0 fully saturated rings. The average Bonchev–Trinajstić information content (AvgIpc) is 2.19. The minimum Gasteiger partial charge on any atom is -0.494 e. The molecule has 0 aromatic heterocycles. The molecule has 1 aromatic carbocycles. The molecule has 2 heteroatoms. The van der Waals surface area contributed by atoms with Gasteiger partial charge in [-0.15, -0.1) is 0 Å². The Bertz CT molecular complexity index is 318. The van der Waals surface area contributed by atoms with Crippen molar-refractivity contribution in [1.82, 2.24) is 0 Å². The van der Waals surface area contributed by atoms with Crippen LogP contribution in [0.15, 0.2) is 49.9 Å². The van der Waals surface area contributed by atoms with Crippen LogP contribution in [-0.2, 0) is 4.74 Å². The van der Waals surface area contributed by atoms with E-state index in [2.05, 4.69) is 13.2 Å². The van der Waals surface area contributed by atoms with Gasteiger partial charge in [0.2, 0.25) is 0 Å². The molecule has 1 atom stereocenters. The van der Waals surface area contributed by atoms with E-state index in [0.29, 0.717) is 0 Å². The highest BCUT2D eigenvalue weighted by Gasteiger charge is 2.04. The second-order valence-electron chi connectivity index (χ2n) is 2.80. The maximum atomic E-state index is 5.24. The van der Waals surface area contributed by atoms with E-state index in [-0.39, 0.29) is 6.10 Å². The molecule has 74 valence electrons. The Morgan fingerprint density at radius 1 is 1.29 bits per heavy atom. The molecule has 2 nitrogen and oxygen atoms in total. The first-order valence-electron chi connectivity index (χ1n) is 4.42. The quantitative estimate of drug-likeness (QED) is 0.662. The van der Waals surface area contributed by atoms with Crippen LogP contribution in [-0.4, -0.2) is 0 Å². The van der Waals surface area contributed by atoms with E-state index in [1.807, 2.05) is 31.2 Å². The Kier molecular flexibility index (Phi) is 3.80. The summed E-state index contributed by atoms with van der Waals surface area (Å²) in [6.45, 7) is 8.97. The first-order chi connectivity index (χ1) is 6.77. The lowest BCUT2D eigenvalue weighted by Crippen LogP contribution is -1.94. The third kappa shape index (κ3) is 2.66. The van der Waals surface area contributed by atoms with E-state index in [1.54, 1.807) is 0 Å². The number of rotatable bonds is 5. The molecule has 0 radical (unpaired) electrons. The summed E-state index contributed by atoms with van der Waals surface area (Å²) in [5.74, 6) is 0.761. The minimum absolute atomic E-state index is 0.0131. The Labute approximate surface area is 84.5 Å². The van der Waals surface area contributed by atoms with Crippen LogP contribution in [0.2, 0.25) is 0 Å². The molecule has 0 aliphatic rings. The molecule has 1 unspecified atom stereocenters. The summed E-state index contributed by atoms with van der Waals surface area (Å²) in [4.78, 5) is 0. The van der Waals surface area contributed by atoms with Gasteiger partial charge in [0.25, 0.3) is 0 Å². The van der Waals surface area contributed by atoms with Crippen LogP contribution in [0.4, 0.5) is 0 Å². The largest absolute Gasteiger partial charge is 0.494 e. The molecule has 0 bridgehead atoms. The van der Waals surface area contributed by atoms with Crippen molar-refractivity contribution < 1.29 is 9.47 Å². The summed E-state index contributed by atoms with van der Waals surface area (Å²) < 4.78 is 10.4. The molecule has 14 heavy (non-hydrogen) atoms. The van der Waals surface area contributed by atoms with E-state index in [4.69, 9.17) is 9.47 Å². The highest BCUT2D eigenvalue weighted by atomic mass is 16.5. The average molecular weight is 190 g/mol. The minimum atomic E-state index is -0.0131. The zero-order valence-corrected chi connectivity index (χ0v) is 8.27. The van der Waals surface area contributed by atoms with Gasteiger partial charge in [0.1, 0.15) is 11.9 Å². The van der Waals surface area contributed by atoms with Crippen molar-refractivity contribution in [3.63, 3.8) is 0 Å². The van der Waals surface area contributed by atoms with Gasteiger partial charge in [0, 0.05) is 0 Å². The van der Waals surface area contributed by atoms with Crippen molar-refractivity contribution in [3.05, 3.63) is 55.5 Å². The van der Waals surface area contributed by atoms with Gasteiger partial charge < -0.3 is 9.47 Å². The van der Waals surface area contributed by atoms with Gasteiger partial charge in [-0.3, -0.25) is 0 Å². The van der Waals surface area contributed by atoms with Crippen LogP contribution < -0.4 is 4.74 Å². The zero-order valence-electron chi connectivity index (χ0n) is 8.27. The van der Waals surface area contributed by atoms with Crippen LogP contribution >= 0.6 is 0 Å². The van der Waals surface area contributed by atoms with Gasteiger partial charge in [-0.2, -0.15) is 0 Å². The number of ether oxygens (including phenoxy) is 2. The Morgan fingerprint density at radius 2 is 2.07 bits per heavy atom. The predicted octanol–water partition coefficient (Wildman–Crippen LogP) is 3.43. The van der Waals surface area contributed by atoms with Gasteiger partial charge in [0.15, 0.2) is 0 Å². The van der Waals surface area contributed by atoms with Gasteiger partial charge in [0.05, 0.1) is 12.5 Å². The van der Waals surface area contributed by atoms with Crippen LogP contribution in [0, 0.1) is 0 Å². The molecule has 0 saturated carbocycles. The fourth-order valence-electron chi connectivity index (χ4n) is 1.16. The van der Waals surface area contributed by atoms with Crippen LogP contribution in [0.1, 0.15) is 18.6 Å². The molecule has 0 saturated heterocycles. The summed E-state index contributed by atoms with van der Waals surface area (Å²) >= 11 is 0. The van der Waals surface area contributed by atoms with Gasteiger partial charge >= 0.3 is 0 Å². The van der Waals surface area contributed by atoms with Crippen LogP contribution in [0.3, 0.4) is 0 Å². The van der Waals surface area contributed by atoms with Crippen LogP contribution in [0.25, 0.3) is 0 Å². The van der Waals surface area contributed by atoms with Crippen molar-refractivity contribution in [3.8, 4) is 5.75 Å². The Hall–Kier alpha value is -1.70. The van der Waals surface area contributed by atoms with Crippen molar-refractivity contribution in [1.29, 1.82) is 0 Å². The molecule has 0 spiro atoms. The molecule has 0 heterocycles. The number of benzene rings is 1. The summed E-state index contributed by atoms with van der Waals surface area (Å²) in [5.41, 5.74) is 1.05. The maximum Gasteiger partial charge on any atom is 0.126 e. The summed E-state index contributed by atoms with van der Waals surface area (Å²) in [6, 6.07) is 7.67. The predicted molar refractivity (Wildman–Crippen MR) is 57.0 cm³/mol. The van der Waals surface area contributed by atoms with Gasteiger partial charge in [-0.25, -0.2) is 0 Å². The van der Waals surface area contributed by atoms with E-state index < -0.39 is 0 Å². The van der Waals surface area contributed by atoms with Gasteiger partial charge in [-0.1, -0.05) is 25.3 Å². The fraction of sp³-hybridized carbons (Fsp3) is 0.167. The summed E-state index contributed by atoms with van der Waals surface area (Å²) in [5, 5.41) is 0. The van der Waals surface area contributed by atoms with E-state index in [9.17, 15) is 0 Å². The first kappa shape index (κ1) is 10.4. The van der Waals surface area contributed by atoms with Crippen molar-refractivity contribution in [2.75, 3.05) is 0 Å². The zero-order chi connectivity index (χ0) is 10.4. The third-order valence-electron chi connectivity index (χ3n) is 1.85. The molecule has 0 aliphatic carbocycles. The smallest absolute Gasteiger partial charge is 0.126 e. The lowest BCUT2D eigenvalue weighted by Gasteiger charge is -2.11. The molecular weight excluding hydrogens is 176 g/mol. The monoisotopic (exact) mass is 190 g/mol. The highest BCUT2D eigenvalue weighted by Crippen LogP contribution is 2.21. The van der Waals surface area contributed by atoms with E-state index in [0.717, 1.165) is 11.3 Å². The molecule has 0 amide bonds. The normalized spacial score (nSPS) is 11.5.